The molecule has 0 saturated carbocycles. The monoisotopic (exact) mass is 337 g/mol. The number of nitrogens with zero attached hydrogens (tertiary/aromatic N) is 3. The SMILES string of the molecule is Cn1cc(-c2ccc(Cc3cc(C=O)c(F)c4c3OCC4)cn2)cn1. The Kier molecular flexibility index (Phi) is 3.80. The highest BCUT2D eigenvalue weighted by Gasteiger charge is 2.23. The molecule has 6 heteroatoms. The molecular weight excluding hydrogens is 321 g/mol. The molecule has 0 N–H and O–H groups in total. The molecule has 0 radical (unpaired) electrons. The molecule has 0 spiro atoms. The van der Waals surface area contributed by atoms with E-state index in [0.29, 0.717) is 37.0 Å². The molecule has 1 aliphatic heterocycles. The molecule has 0 bridgehead atoms. The first kappa shape index (κ1) is 15.5. The lowest BCUT2D eigenvalue weighted by molar-refractivity contribution is 0.111. The summed E-state index contributed by atoms with van der Waals surface area (Å²) in [6, 6.07) is 5.47. The fourth-order valence-corrected chi connectivity index (χ4v) is 3.13. The van der Waals surface area contributed by atoms with E-state index in [1.54, 1.807) is 23.1 Å². The fourth-order valence-electron chi connectivity index (χ4n) is 3.13. The van der Waals surface area contributed by atoms with E-state index < -0.39 is 5.82 Å². The maximum atomic E-state index is 14.2. The van der Waals surface area contributed by atoms with Crippen LogP contribution in [0, 0.1) is 5.82 Å². The van der Waals surface area contributed by atoms with Crippen molar-refractivity contribution in [3.05, 3.63) is 64.9 Å². The molecular formula is C19H16FN3O2. The van der Waals surface area contributed by atoms with Gasteiger partial charge in [-0.25, -0.2) is 4.39 Å². The summed E-state index contributed by atoms with van der Waals surface area (Å²) in [6.07, 6.45) is 7.03. The Morgan fingerprint density at radius 3 is 2.92 bits per heavy atom. The Labute approximate surface area is 144 Å². The summed E-state index contributed by atoms with van der Waals surface area (Å²) in [5.41, 5.74) is 4.15. The van der Waals surface area contributed by atoms with Gasteiger partial charge < -0.3 is 4.74 Å². The van der Waals surface area contributed by atoms with Crippen LogP contribution in [0.3, 0.4) is 0 Å². The number of pyridine rings is 1. The number of hydrogen-bond acceptors (Lipinski definition) is 4. The Morgan fingerprint density at radius 2 is 2.24 bits per heavy atom. The van der Waals surface area contributed by atoms with Crippen LogP contribution in [0.25, 0.3) is 11.3 Å². The van der Waals surface area contributed by atoms with E-state index in [9.17, 15) is 9.18 Å². The summed E-state index contributed by atoms with van der Waals surface area (Å²) < 4.78 is 21.5. The van der Waals surface area contributed by atoms with Gasteiger partial charge in [-0.15, -0.1) is 0 Å². The van der Waals surface area contributed by atoms with E-state index in [-0.39, 0.29) is 5.56 Å². The topological polar surface area (TPSA) is 57.0 Å². The number of halogens is 1. The maximum absolute atomic E-state index is 14.2. The fraction of sp³-hybridized carbons (Fsp3) is 0.211. The van der Waals surface area contributed by atoms with Crippen LogP contribution in [-0.4, -0.2) is 27.7 Å². The molecule has 1 aliphatic rings. The molecule has 0 amide bonds. The van der Waals surface area contributed by atoms with Gasteiger partial charge in [0.2, 0.25) is 0 Å². The van der Waals surface area contributed by atoms with Gasteiger partial charge in [0.1, 0.15) is 11.6 Å². The zero-order valence-electron chi connectivity index (χ0n) is 13.7. The first-order valence-corrected chi connectivity index (χ1v) is 8.02. The van der Waals surface area contributed by atoms with Gasteiger partial charge in [0.25, 0.3) is 0 Å². The number of ether oxygens (including phenoxy) is 1. The summed E-state index contributed by atoms with van der Waals surface area (Å²) in [5, 5.41) is 4.14. The van der Waals surface area contributed by atoms with Crippen molar-refractivity contribution < 1.29 is 13.9 Å². The Morgan fingerprint density at radius 1 is 1.36 bits per heavy atom. The maximum Gasteiger partial charge on any atom is 0.153 e. The molecule has 4 rings (SSSR count). The average molecular weight is 337 g/mol. The molecule has 0 unspecified atom stereocenters. The number of benzene rings is 1. The van der Waals surface area contributed by atoms with Gasteiger partial charge in [-0.3, -0.25) is 14.5 Å². The molecule has 3 heterocycles. The highest BCUT2D eigenvalue weighted by Crippen LogP contribution is 2.35. The Balaban J connectivity index is 1.64. The van der Waals surface area contributed by atoms with E-state index >= 15 is 0 Å². The average Bonchev–Trinajstić information content (AvgIpc) is 3.27. The van der Waals surface area contributed by atoms with Crippen LogP contribution in [0.15, 0.2) is 36.8 Å². The van der Waals surface area contributed by atoms with E-state index in [1.807, 2.05) is 25.4 Å². The number of rotatable bonds is 4. The minimum atomic E-state index is -0.462. The second-order valence-electron chi connectivity index (χ2n) is 6.09. The van der Waals surface area contributed by atoms with Crippen molar-refractivity contribution in [2.75, 3.05) is 6.61 Å². The van der Waals surface area contributed by atoms with Crippen molar-refractivity contribution in [2.45, 2.75) is 12.8 Å². The third-order valence-electron chi connectivity index (χ3n) is 4.36. The van der Waals surface area contributed by atoms with E-state index in [0.717, 1.165) is 22.4 Å². The van der Waals surface area contributed by atoms with Crippen LogP contribution in [0.1, 0.15) is 27.0 Å². The van der Waals surface area contributed by atoms with Gasteiger partial charge >= 0.3 is 0 Å². The van der Waals surface area contributed by atoms with Crippen molar-refractivity contribution in [3.63, 3.8) is 0 Å². The first-order valence-electron chi connectivity index (χ1n) is 8.02. The number of hydrogen-bond donors (Lipinski definition) is 0. The lowest BCUT2D eigenvalue weighted by atomic mass is 9.98. The molecule has 25 heavy (non-hydrogen) atoms. The van der Waals surface area contributed by atoms with Crippen molar-refractivity contribution in [3.8, 4) is 17.0 Å². The highest BCUT2D eigenvalue weighted by atomic mass is 19.1. The minimum absolute atomic E-state index is 0.0826. The predicted molar refractivity (Wildman–Crippen MR) is 90.2 cm³/mol. The molecule has 2 aromatic heterocycles. The molecule has 0 atom stereocenters. The summed E-state index contributed by atoms with van der Waals surface area (Å²) >= 11 is 0. The number of aromatic nitrogens is 3. The van der Waals surface area contributed by atoms with Crippen molar-refractivity contribution in [1.82, 2.24) is 14.8 Å². The van der Waals surface area contributed by atoms with Gasteiger partial charge in [-0.05, 0) is 23.3 Å². The number of carbonyl (C=O) groups is 1. The quantitative estimate of drug-likeness (QED) is 0.687. The zero-order valence-corrected chi connectivity index (χ0v) is 13.7. The minimum Gasteiger partial charge on any atom is -0.493 e. The van der Waals surface area contributed by atoms with Crippen molar-refractivity contribution in [2.24, 2.45) is 7.05 Å². The Bertz CT molecular complexity index is 948. The van der Waals surface area contributed by atoms with Crippen molar-refractivity contribution >= 4 is 6.29 Å². The van der Waals surface area contributed by atoms with Crippen molar-refractivity contribution in [1.29, 1.82) is 0 Å². The van der Waals surface area contributed by atoms with Gasteiger partial charge in [-0.2, -0.15) is 5.10 Å². The number of carbonyl (C=O) groups excluding carboxylic acids is 1. The predicted octanol–water partition coefficient (Wildman–Crippen LogP) is 2.96. The molecule has 1 aromatic carbocycles. The number of fused-ring (bicyclic) bond motifs is 1. The van der Waals surface area contributed by atoms with E-state index in [2.05, 4.69) is 10.1 Å². The molecule has 0 aliphatic carbocycles. The zero-order chi connectivity index (χ0) is 17.4. The normalized spacial score (nSPS) is 12.7. The van der Waals surface area contributed by atoms with E-state index in [1.165, 1.54) is 0 Å². The summed E-state index contributed by atoms with van der Waals surface area (Å²) in [7, 11) is 1.86. The second kappa shape index (κ2) is 6.12. The van der Waals surface area contributed by atoms with Crippen LogP contribution in [-0.2, 0) is 19.9 Å². The van der Waals surface area contributed by atoms with Crippen LogP contribution < -0.4 is 4.74 Å². The van der Waals surface area contributed by atoms with Gasteiger partial charge in [0.05, 0.1) is 24.1 Å². The van der Waals surface area contributed by atoms with Crippen LogP contribution in [0.4, 0.5) is 4.39 Å². The molecule has 0 saturated heterocycles. The summed E-state index contributed by atoms with van der Waals surface area (Å²) in [4.78, 5) is 15.6. The van der Waals surface area contributed by atoms with Gasteiger partial charge in [0, 0.05) is 43.4 Å². The van der Waals surface area contributed by atoms with Gasteiger partial charge in [0.15, 0.2) is 6.29 Å². The standard InChI is InChI=1S/C19H16FN3O2/c1-23-10-15(9-22-23)17-3-2-12(8-21-17)6-13-7-14(11-24)18(20)16-4-5-25-19(13)16/h2-3,7-11H,4-6H2,1H3. The molecule has 5 nitrogen and oxygen atoms in total. The lowest BCUT2D eigenvalue weighted by Gasteiger charge is -2.11. The molecule has 3 aromatic rings. The molecule has 0 fully saturated rings. The smallest absolute Gasteiger partial charge is 0.153 e. The highest BCUT2D eigenvalue weighted by molar-refractivity contribution is 5.77. The number of aldehydes is 1. The summed E-state index contributed by atoms with van der Waals surface area (Å²) in [6.45, 7) is 0.444. The van der Waals surface area contributed by atoms with Crippen LogP contribution in [0.2, 0.25) is 0 Å². The Hall–Kier alpha value is -3.02. The third kappa shape index (κ3) is 2.80. The number of aryl methyl sites for hydroxylation is 1. The van der Waals surface area contributed by atoms with Crippen LogP contribution in [0.5, 0.6) is 5.75 Å². The van der Waals surface area contributed by atoms with Crippen LogP contribution >= 0.6 is 0 Å². The third-order valence-corrected chi connectivity index (χ3v) is 4.36. The van der Waals surface area contributed by atoms with Gasteiger partial charge in [-0.1, -0.05) is 6.07 Å². The first-order chi connectivity index (χ1) is 12.2. The molecule has 126 valence electrons. The second-order valence-corrected chi connectivity index (χ2v) is 6.09. The summed E-state index contributed by atoms with van der Waals surface area (Å²) in [5.74, 6) is 0.107. The van der Waals surface area contributed by atoms with E-state index in [4.69, 9.17) is 4.74 Å². The largest absolute Gasteiger partial charge is 0.493 e. The lowest BCUT2D eigenvalue weighted by Crippen LogP contribution is -2.00.